The molecule has 2 fully saturated rings. The lowest BCUT2D eigenvalue weighted by Crippen LogP contribution is -2.68. The fourth-order valence-electron chi connectivity index (χ4n) is 7.23. The fraction of sp³-hybridized carbons (Fsp3) is 0.593. The van der Waals surface area contributed by atoms with E-state index in [1.165, 1.54) is 6.92 Å². The summed E-state index contributed by atoms with van der Waals surface area (Å²) in [6.45, 7) is 10.0. The molecule has 5 rings (SSSR count). The van der Waals surface area contributed by atoms with Gasteiger partial charge in [-0.2, -0.15) is 0 Å². The van der Waals surface area contributed by atoms with Crippen LogP contribution in [0.15, 0.2) is 39.8 Å². The van der Waals surface area contributed by atoms with E-state index in [2.05, 4.69) is 25.8 Å². The predicted octanol–water partition coefficient (Wildman–Crippen LogP) is 4.53. The zero-order chi connectivity index (χ0) is 24.4. The molecule has 1 N–H and O–H groups in total. The van der Waals surface area contributed by atoms with E-state index >= 15 is 0 Å². The maximum atomic E-state index is 13.2. The van der Waals surface area contributed by atoms with Crippen LogP contribution < -0.4 is 10.4 Å². The second kappa shape index (κ2) is 7.94. The monoisotopic (exact) mass is 467 g/mol. The maximum Gasteiger partial charge on any atom is 0.345 e. The molecule has 0 spiro atoms. The zero-order valence-electron chi connectivity index (χ0n) is 20.4. The van der Waals surface area contributed by atoms with Gasteiger partial charge in [0.05, 0.1) is 6.10 Å². The summed E-state index contributed by atoms with van der Waals surface area (Å²) in [5, 5.41) is 11.8. The van der Waals surface area contributed by atoms with Crippen LogP contribution in [-0.4, -0.2) is 27.8 Å². The SMILES string of the molecule is CC(=O)OC1CC2C(C)C(C)CCC2(C)C2C(O)c3c(cc(-c4cccnc4)oc3=O)OC12C. The first kappa shape index (κ1) is 23.1. The number of aliphatic hydroxyl groups is 1. The van der Waals surface area contributed by atoms with Crippen LogP contribution in [0.1, 0.15) is 65.5 Å². The summed E-state index contributed by atoms with van der Waals surface area (Å²) in [5.74, 6) is 0.921. The number of pyridine rings is 1. The fourth-order valence-corrected chi connectivity index (χ4v) is 7.23. The summed E-state index contributed by atoms with van der Waals surface area (Å²) in [4.78, 5) is 29.4. The van der Waals surface area contributed by atoms with Crippen LogP contribution in [0.3, 0.4) is 0 Å². The number of rotatable bonds is 2. The standard InChI is InChI=1S/C27H33NO6/c1-14-8-9-26(4)18(15(14)2)11-21(32-16(3)29)27(5)24(26)23(30)22-20(34-27)12-19(33-25(22)31)17-7-6-10-28-13-17/h6-7,10,12-15,18,21,23-24,30H,8-9,11H2,1-5H3. The summed E-state index contributed by atoms with van der Waals surface area (Å²) in [6.07, 6.45) is 4.21. The van der Waals surface area contributed by atoms with E-state index in [0.29, 0.717) is 29.6 Å². The molecule has 34 heavy (non-hydrogen) atoms. The minimum Gasteiger partial charge on any atom is -0.482 e. The molecule has 2 aromatic heterocycles. The van der Waals surface area contributed by atoms with Gasteiger partial charge in [-0.1, -0.05) is 20.8 Å². The Labute approximate surface area is 199 Å². The van der Waals surface area contributed by atoms with Gasteiger partial charge in [-0.3, -0.25) is 9.78 Å². The number of aliphatic hydroxyl groups excluding tert-OH is 1. The topological polar surface area (TPSA) is 98.9 Å². The zero-order valence-corrected chi connectivity index (χ0v) is 20.4. The number of hydrogen-bond acceptors (Lipinski definition) is 7. The lowest BCUT2D eigenvalue weighted by molar-refractivity contribution is -0.245. The number of esters is 1. The molecule has 2 aromatic rings. The molecule has 3 aliphatic rings. The summed E-state index contributed by atoms with van der Waals surface area (Å²) >= 11 is 0. The second-order valence-electron chi connectivity index (χ2n) is 10.9. The number of carbonyl (C=O) groups is 1. The Morgan fingerprint density at radius 3 is 2.74 bits per heavy atom. The molecule has 7 nitrogen and oxygen atoms in total. The Hall–Kier alpha value is -2.67. The first-order valence-corrected chi connectivity index (χ1v) is 12.2. The Bertz CT molecular complexity index is 1160. The van der Waals surface area contributed by atoms with Gasteiger partial charge in [0.15, 0.2) is 0 Å². The van der Waals surface area contributed by atoms with Crippen molar-refractivity contribution >= 4 is 5.97 Å². The lowest BCUT2D eigenvalue weighted by atomic mass is 9.45. The van der Waals surface area contributed by atoms with Crippen molar-refractivity contribution in [2.45, 2.75) is 71.7 Å². The van der Waals surface area contributed by atoms with Crippen molar-refractivity contribution in [2.75, 3.05) is 0 Å². The van der Waals surface area contributed by atoms with Gasteiger partial charge in [0, 0.05) is 36.9 Å². The summed E-state index contributed by atoms with van der Waals surface area (Å²) in [6, 6.07) is 5.19. The van der Waals surface area contributed by atoms with Gasteiger partial charge in [-0.05, 0) is 61.5 Å². The molecule has 0 aromatic carbocycles. The van der Waals surface area contributed by atoms with Crippen LogP contribution in [0.5, 0.6) is 5.75 Å². The number of nitrogens with zero attached hydrogens (tertiary/aromatic N) is 1. The van der Waals surface area contributed by atoms with Crippen LogP contribution >= 0.6 is 0 Å². The number of fused-ring (bicyclic) bond motifs is 4. The molecule has 7 heteroatoms. The number of hydrogen-bond donors (Lipinski definition) is 1. The number of aromatic nitrogens is 1. The molecule has 1 aliphatic heterocycles. The molecule has 0 radical (unpaired) electrons. The van der Waals surface area contributed by atoms with Crippen molar-refractivity contribution in [3.05, 3.63) is 46.6 Å². The van der Waals surface area contributed by atoms with Crippen LogP contribution in [0, 0.1) is 29.1 Å². The van der Waals surface area contributed by atoms with Gasteiger partial charge >= 0.3 is 11.6 Å². The molecule has 0 saturated heterocycles. The molecule has 182 valence electrons. The number of ether oxygens (including phenoxy) is 2. The smallest absolute Gasteiger partial charge is 0.345 e. The Kier molecular flexibility index (Phi) is 5.39. The van der Waals surface area contributed by atoms with Gasteiger partial charge in [0.1, 0.15) is 28.8 Å². The second-order valence-corrected chi connectivity index (χ2v) is 10.9. The lowest BCUT2D eigenvalue weighted by Gasteiger charge is -2.64. The van der Waals surface area contributed by atoms with Crippen LogP contribution in [0.4, 0.5) is 0 Å². The van der Waals surface area contributed by atoms with Crippen molar-refractivity contribution in [2.24, 2.45) is 29.1 Å². The molecule has 3 heterocycles. The third-order valence-corrected chi connectivity index (χ3v) is 9.10. The van der Waals surface area contributed by atoms with Gasteiger partial charge in [0.25, 0.3) is 0 Å². The van der Waals surface area contributed by atoms with Gasteiger partial charge in [-0.25, -0.2) is 4.79 Å². The first-order chi connectivity index (χ1) is 16.1. The van der Waals surface area contributed by atoms with Crippen molar-refractivity contribution in [1.29, 1.82) is 0 Å². The highest BCUT2D eigenvalue weighted by atomic mass is 16.6. The summed E-state index contributed by atoms with van der Waals surface area (Å²) in [5.41, 5.74) is -1.12. The Morgan fingerprint density at radius 1 is 1.29 bits per heavy atom. The highest BCUT2D eigenvalue weighted by Crippen LogP contribution is 2.65. The van der Waals surface area contributed by atoms with E-state index in [1.54, 1.807) is 30.6 Å². The predicted molar refractivity (Wildman–Crippen MR) is 125 cm³/mol. The summed E-state index contributed by atoms with van der Waals surface area (Å²) in [7, 11) is 0. The number of carbonyl (C=O) groups excluding carboxylic acids is 1. The van der Waals surface area contributed by atoms with Gasteiger partial charge in [-0.15, -0.1) is 0 Å². The third kappa shape index (κ3) is 3.31. The van der Waals surface area contributed by atoms with Crippen LogP contribution in [0.25, 0.3) is 11.3 Å². The molecule has 8 atom stereocenters. The van der Waals surface area contributed by atoms with Gasteiger partial charge < -0.3 is 19.0 Å². The van der Waals surface area contributed by atoms with Crippen LogP contribution in [-0.2, 0) is 9.53 Å². The normalized spacial score (nSPS) is 38.6. The summed E-state index contributed by atoms with van der Waals surface area (Å²) < 4.78 is 18.1. The van der Waals surface area contributed by atoms with E-state index < -0.39 is 29.4 Å². The van der Waals surface area contributed by atoms with Crippen molar-refractivity contribution in [1.82, 2.24) is 4.98 Å². The minimum atomic E-state index is -1.10. The average molecular weight is 468 g/mol. The minimum absolute atomic E-state index is 0.143. The van der Waals surface area contributed by atoms with Crippen molar-refractivity contribution in [3.63, 3.8) is 0 Å². The molecule has 0 amide bonds. The third-order valence-electron chi connectivity index (χ3n) is 9.10. The largest absolute Gasteiger partial charge is 0.482 e. The van der Waals surface area contributed by atoms with E-state index in [0.717, 1.165) is 12.8 Å². The Balaban J connectivity index is 1.67. The van der Waals surface area contributed by atoms with E-state index in [4.69, 9.17) is 13.9 Å². The first-order valence-electron chi connectivity index (χ1n) is 12.2. The van der Waals surface area contributed by atoms with E-state index in [9.17, 15) is 14.7 Å². The molecule has 0 bridgehead atoms. The Morgan fingerprint density at radius 2 is 2.06 bits per heavy atom. The van der Waals surface area contributed by atoms with Gasteiger partial charge in [0.2, 0.25) is 0 Å². The maximum absolute atomic E-state index is 13.2. The van der Waals surface area contributed by atoms with E-state index in [-0.39, 0.29) is 28.6 Å². The highest BCUT2D eigenvalue weighted by Gasteiger charge is 2.67. The highest BCUT2D eigenvalue weighted by molar-refractivity contribution is 5.66. The van der Waals surface area contributed by atoms with Crippen molar-refractivity contribution < 1.29 is 23.8 Å². The molecular formula is C27H33NO6. The average Bonchev–Trinajstić information content (AvgIpc) is 2.78. The molecule has 2 aliphatic carbocycles. The van der Waals surface area contributed by atoms with E-state index in [1.807, 2.05) is 6.92 Å². The molecular weight excluding hydrogens is 434 g/mol. The molecule has 2 saturated carbocycles. The molecule has 8 unspecified atom stereocenters. The van der Waals surface area contributed by atoms with Crippen molar-refractivity contribution in [3.8, 4) is 17.1 Å². The van der Waals surface area contributed by atoms with Crippen LogP contribution in [0.2, 0.25) is 0 Å². The quantitative estimate of drug-likeness (QED) is 0.648.